The summed E-state index contributed by atoms with van der Waals surface area (Å²) in [6.45, 7) is 8.05. The molecule has 0 unspecified atom stereocenters. The second-order valence-corrected chi connectivity index (χ2v) is 4.50. The zero-order valence-corrected chi connectivity index (χ0v) is 11.6. The van der Waals surface area contributed by atoms with E-state index in [9.17, 15) is 4.39 Å². The molecule has 2 aromatic heterocycles. The third-order valence-electron chi connectivity index (χ3n) is 2.79. The lowest BCUT2D eigenvalue weighted by molar-refractivity contribution is 0.606. The molecule has 100 valence electrons. The summed E-state index contributed by atoms with van der Waals surface area (Å²) in [4.78, 5) is 12.8. The number of halogens is 1. The second-order valence-electron chi connectivity index (χ2n) is 4.50. The lowest BCUT2D eigenvalue weighted by Gasteiger charge is -2.10. The summed E-state index contributed by atoms with van der Waals surface area (Å²) in [5.41, 5.74) is 3.07. The zero-order valence-electron chi connectivity index (χ0n) is 11.6. The third-order valence-corrected chi connectivity index (χ3v) is 2.79. The van der Waals surface area contributed by atoms with Gasteiger partial charge in [-0.3, -0.25) is 4.98 Å². The van der Waals surface area contributed by atoms with Crippen molar-refractivity contribution in [1.29, 1.82) is 0 Å². The Bertz CT molecular complexity index is 611. The van der Waals surface area contributed by atoms with Crippen LogP contribution in [-0.4, -0.2) is 21.5 Å². The van der Waals surface area contributed by atoms with Crippen LogP contribution in [0.5, 0.6) is 0 Å². The molecule has 0 aliphatic heterocycles. The van der Waals surface area contributed by atoms with E-state index in [1.807, 2.05) is 26.8 Å². The molecule has 2 rings (SSSR count). The van der Waals surface area contributed by atoms with Crippen molar-refractivity contribution in [2.45, 2.75) is 27.7 Å². The fraction of sp³-hybridized carbons (Fsp3) is 0.357. The van der Waals surface area contributed by atoms with Crippen molar-refractivity contribution in [2.24, 2.45) is 0 Å². The number of aromatic nitrogens is 3. The number of aryl methyl sites for hydroxylation is 3. The van der Waals surface area contributed by atoms with E-state index in [4.69, 9.17) is 0 Å². The quantitative estimate of drug-likeness (QED) is 0.921. The molecule has 0 saturated carbocycles. The number of anilines is 1. The average molecular weight is 260 g/mol. The standard InChI is InChI=1S/C14H17FN4/c1-5-16-13-11(15)10(4)18-14(19-13)12-9(3)6-8(2)7-17-12/h6-7H,5H2,1-4H3,(H,16,18,19). The maximum absolute atomic E-state index is 13.8. The molecule has 4 nitrogen and oxygen atoms in total. The van der Waals surface area contributed by atoms with E-state index >= 15 is 0 Å². The monoisotopic (exact) mass is 260 g/mol. The smallest absolute Gasteiger partial charge is 0.186 e. The molecule has 0 aliphatic rings. The molecule has 0 atom stereocenters. The highest BCUT2D eigenvalue weighted by atomic mass is 19.1. The third kappa shape index (κ3) is 2.70. The molecular weight excluding hydrogens is 243 g/mol. The van der Waals surface area contributed by atoms with Crippen molar-refractivity contribution in [3.63, 3.8) is 0 Å². The van der Waals surface area contributed by atoms with Crippen molar-refractivity contribution in [3.05, 3.63) is 34.9 Å². The van der Waals surface area contributed by atoms with E-state index in [0.29, 0.717) is 23.8 Å². The maximum Gasteiger partial charge on any atom is 0.186 e. The molecule has 1 N–H and O–H groups in total. The van der Waals surface area contributed by atoms with Crippen LogP contribution in [0.4, 0.5) is 10.2 Å². The normalized spacial score (nSPS) is 10.6. The van der Waals surface area contributed by atoms with Gasteiger partial charge in [-0.1, -0.05) is 6.07 Å². The Morgan fingerprint density at radius 2 is 1.95 bits per heavy atom. The number of nitrogens with one attached hydrogen (secondary N) is 1. The van der Waals surface area contributed by atoms with Gasteiger partial charge in [-0.15, -0.1) is 0 Å². The van der Waals surface area contributed by atoms with Crippen molar-refractivity contribution >= 4 is 5.82 Å². The first-order chi connectivity index (χ1) is 9.02. The van der Waals surface area contributed by atoms with Crippen LogP contribution >= 0.6 is 0 Å². The first kappa shape index (κ1) is 13.4. The van der Waals surface area contributed by atoms with E-state index in [-0.39, 0.29) is 5.82 Å². The molecule has 0 radical (unpaired) electrons. The molecule has 0 aliphatic carbocycles. The van der Waals surface area contributed by atoms with Crippen LogP contribution < -0.4 is 5.32 Å². The molecule has 0 aromatic carbocycles. The SMILES string of the molecule is CCNc1nc(-c2ncc(C)cc2C)nc(C)c1F. The first-order valence-electron chi connectivity index (χ1n) is 6.24. The van der Waals surface area contributed by atoms with E-state index in [1.54, 1.807) is 13.1 Å². The first-order valence-corrected chi connectivity index (χ1v) is 6.24. The Morgan fingerprint density at radius 3 is 2.58 bits per heavy atom. The summed E-state index contributed by atoms with van der Waals surface area (Å²) in [6, 6.07) is 2.01. The van der Waals surface area contributed by atoms with Crippen molar-refractivity contribution in [3.8, 4) is 11.5 Å². The van der Waals surface area contributed by atoms with E-state index < -0.39 is 5.82 Å². The van der Waals surface area contributed by atoms with Gasteiger partial charge in [-0.2, -0.15) is 0 Å². The van der Waals surface area contributed by atoms with Crippen LogP contribution in [0.15, 0.2) is 12.3 Å². The maximum atomic E-state index is 13.8. The van der Waals surface area contributed by atoms with Crippen LogP contribution in [0.2, 0.25) is 0 Å². The highest BCUT2D eigenvalue weighted by molar-refractivity contribution is 5.57. The highest BCUT2D eigenvalue weighted by Gasteiger charge is 2.14. The van der Waals surface area contributed by atoms with Crippen LogP contribution in [0.1, 0.15) is 23.7 Å². The lowest BCUT2D eigenvalue weighted by atomic mass is 10.1. The fourth-order valence-electron chi connectivity index (χ4n) is 1.90. The minimum atomic E-state index is -0.407. The number of rotatable bonds is 3. The van der Waals surface area contributed by atoms with Crippen LogP contribution in [0.25, 0.3) is 11.5 Å². The largest absolute Gasteiger partial charge is 0.368 e. The van der Waals surface area contributed by atoms with Crippen LogP contribution in [-0.2, 0) is 0 Å². The van der Waals surface area contributed by atoms with Crippen molar-refractivity contribution in [2.75, 3.05) is 11.9 Å². The average Bonchev–Trinajstić information content (AvgIpc) is 2.35. The summed E-state index contributed by atoms with van der Waals surface area (Å²) in [5.74, 6) is 0.273. The fourth-order valence-corrected chi connectivity index (χ4v) is 1.90. The summed E-state index contributed by atoms with van der Waals surface area (Å²) in [5, 5.41) is 2.90. The van der Waals surface area contributed by atoms with Gasteiger partial charge in [0.1, 0.15) is 5.69 Å². The van der Waals surface area contributed by atoms with E-state index in [0.717, 1.165) is 11.1 Å². The van der Waals surface area contributed by atoms with E-state index in [1.165, 1.54) is 0 Å². The summed E-state index contributed by atoms with van der Waals surface area (Å²) in [6.07, 6.45) is 1.76. The number of hydrogen-bond acceptors (Lipinski definition) is 4. The predicted molar refractivity (Wildman–Crippen MR) is 73.6 cm³/mol. The predicted octanol–water partition coefficient (Wildman–Crippen LogP) is 3.03. The Morgan fingerprint density at radius 1 is 1.21 bits per heavy atom. The number of pyridine rings is 1. The highest BCUT2D eigenvalue weighted by Crippen LogP contribution is 2.22. The zero-order chi connectivity index (χ0) is 14.0. The molecule has 0 saturated heterocycles. The molecule has 19 heavy (non-hydrogen) atoms. The van der Waals surface area contributed by atoms with Crippen molar-refractivity contribution in [1.82, 2.24) is 15.0 Å². The molecular formula is C14H17FN4. The molecule has 0 amide bonds. The Hall–Kier alpha value is -2.04. The number of hydrogen-bond donors (Lipinski definition) is 1. The molecule has 2 aromatic rings. The molecule has 2 heterocycles. The van der Waals surface area contributed by atoms with Gasteiger partial charge in [0.05, 0.1) is 5.69 Å². The molecule has 5 heteroatoms. The van der Waals surface area contributed by atoms with Gasteiger partial charge in [-0.05, 0) is 38.8 Å². The Labute approximate surface area is 112 Å². The molecule has 0 spiro atoms. The lowest BCUT2D eigenvalue weighted by Crippen LogP contribution is -2.07. The number of nitrogens with zero attached hydrogens (tertiary/aromatic N) is 3. The molecule has 0 fully saturated rings. The van der Waals surface area contributed by atoms with Gasteiger partial charge in [0.15, 0.2) is 17.5 Å². The van der Waals surface area contributed by atoms with Gasteiger partial charge >= 0.3 is 0 Å². The van der Waals surface area contributed by atoms with Gasteiger partial charge in [0.2, 0.25) is 0 Å². The van der Waals surface area contributed by atoms with Gasteiger partial charge in [0.25, 0.3) is 0 Å². The summed E-state index contributed by atoms with van der Waals surface area (Å²) >= 11 is 0. The van der Waals surface area contributed by atoms with Crippen LogP contribution in [0, 0.1) is 26.6 Å². The van der Waals surface area contributed by atoms with Gasteiger partial charge < -0.3 is 5.32 Å². The molecule has 0 bridgehead atoms. The van der Waals surface area contributed by atoms with Crippen molar-refractivity contribution < 1.29 is 4.39 Å². The van der Waals surface area contributed by atoms with Gasteiger partial charge in [0, 0.05) is 12.7 Å². The van der Waals surface area contributed by atoms with Crippen LogP contribution in [0.3, 0.4) is 0 Å². The minimum Gasteiger partial charge on any atom is -0.368 e. The van der Waals surface area contributed by atoms with E-state index in [2.05, 4.69) is 20.3 Å². The summed E-state index contributed by atoms with van der Waals surface area (Å²) < 4.78 is 13.8. The second kappa shape index (κ2) is 5.30. The minimum absolute atomic E-state index is 0.228. The van der Waals surface area contributed by atoms with Gasteiger partial charge in [-0.25, -0.2) is 14.4 Å². The summed E-state index contributed by atoms with van der Waals surface area (Å²) in [7, 11) is 0. The Balaban J connectivity index is 2.56. The Kier molecular flexibility index (Phi) is 3.74. The topological polar surface area (TPSA) is 50.7 Å².